The number of aromatic nitrogens is 1. The Bertz CT molecular complexity index is 5590. The first kappa shape index (κ1) is 39.0. The SMILES string of the molecule is C.CC(C)(C)c1ccc(O)cc1.O=C(O)c1c[nH]c2ccccc2c1=O.[2H]OC(C)(C([2H])([2H])[2H])C([2H])([2H])[2H].[2H]c1c(N)c(C(C)(C)C)cc(C(C([2H])([2H])[2H])(C([2H])([2H])[2H])C([2H])([2H])[2H])c1O.[2H]c1c(O)c(C(C([2H])([2H])[2H])(C([2H])([2H])[2H])C([2H])([2H])[2H])cc(C(C)(C)C)c1[N+](=O)[O-].[2H]c1cc(C(C)(C)C)cc(C(C([2H])([2H])[2H])(C([2H])([2H])[2H])C([2H])([2H])[2H])c1O.[2H]c1cc(C(C)(C)C)cc(C(C([2H])([2H])[2H])(C([2H])([2H])[2H])C([2H])([2H])[2H])c1OC(=O)OC. The third-order valence-electron chi connectivity index (χ3n) is 13.2. The van der Waals surface area contributed by atoms with Crippen LogP contribution in [0.15, 0.2) is 120 Å². The van der Waals surface area contributed by atoms with Crippen LogP contribution < -0.4 is 15.9 Å². The van der Waals surface area contributed by atoms with Gasteiger partial charge in [-0.25, -0.2) is 9.59 Å². The Morgan fingerprint density at radius 1 is 0.535 bits per heavy atom. The van der Waals surface area contributed by atoms with Gasteiger partial charge in [-0.3, -0.25) is 14.9 Å². The van der Waals surface area contributed by atoms with Crippen molar-refractivity contribution in [2.24, 2.45) is 0 Å². The van der Waals surface area contributed by atoms with Gasteiger partial charge in [0.05, 0.1) is 29.2 Å². The van der Waals surface area contributed by atoms with E-state index in [4.69, 9.17) is 85.2 Å². The Balaban J connectivity index is 0.00000172. The van der Waals surface area contributed by atoms with Gasteiger partial charge in [-0.15, -0.1) is 0 Å². The molecule has 16 nitrogen and oxygen atoms in total. The molecule has 1 aromatic heterocycles. The summed E-state index contributed by atoms with van der Waals surface area (Å²) in [5.41, 5.74) is -16.0. The van der Waals surface area contributed by atoms with Crippen LogP contribution in [0.5, 0.6) is 28.7 Å². The Morgan fingerprint density at radius 2 is 0.960 bits per heavy atom. The average Bonchev–Trinajstić information content (AvgIpc) is 0.705. The van der Waals surface area contributed by atoms with Crippen molar-refractivity contribution in [3.05, 3.63) is 191 Å². The zero-order valence-corrected chi connectivity index (χ0v) is 57.7. The number of nitro benzene ring substituents is 1. The number of H-pyrrole nitrogens is 1. The second-order valence-corrected chi connectivity index (χ2v) is 27.5. The van der Waals surface area contributed by atoms with Gasteiger partial charge in [0.1, 0.15) is 34.3 Å². The number of carboxylic acids is 1. The molecule has 99 heavy (non-hydrogen) atoms. The molecule has 16 heteroatoms. The number of para-hydroxylation sites is 1. The third-order valence-corrected chi connectivity index (χ3v) is 13.2. The van der Waals surface area contributed by atoms with Crippen molar-refractivity contribution in [1.29, 1.82) is 1.43 Å². The molecule has 7 aromatic rings. The van der Waals surface area contributed by atoms with E-state index in [0.717, 1.165) is 38.3 Å². The van der Waals surface area contributed by atoms with E-state index >= 15 is 0 Å². The first-order chi connectivity index (χ1) is 63.6. The molecule has 0 amide bonds. The number of nitrogen functional groups attached to an aromatic ring is 1. The number of pyridine rings is 1. The van der Waals surface area contributed by atoms with Gasteiger partial charge in [-0.2, -0.15) is 0 Å². The van der Waals surface area contributed by atoms with E-state index in [-0.39, 0.29) is 35.2 Å². The van der Waals surface area contributed by atoms with Gasteiger partial charge >= 0.3 is 12.1 Å². The predicted molar refractivity (Wildman–Crippen MR) is 411 cm³/mol. The highest BCUT2D eigenvalue weighted by Crippen LogP contribution is 2.42. The van der Waals surface area contributed by atoms with Crippen molar-refractivity contribution in [1.82, 2.24) is 4.98 Å². The highest BCUT2D eigenvalue weighted by Gasteiger charge is 2.31. The highest BCUT2D eigenvalue weighted by atomic mass is 16.7. The summed E-state index contributed by atoms with van der Waals surface area (Å²) in [6.07, 6.45) is -0.133. The Kier molecular flexibility index (Phi) is 13.6. The van der Waals surface area contributed by atoms with Gasteiger partial charge in [0, 0.05) is 103 Å². The van der Waals surface area contributed by atoms with Crippen LogP contribution in [0.2, 0.25) is 0 Å². The maximum absolute atomic E-state index is 11.7. The van der Waals surface area contributed by atoms with Crippen molar-refractivity contribution in [3.63, 3.8) is 0 Å². The smallest absolute Gasteiger partial charge is 0.508 e. The molecule has 0 bridgehead atoms. The minimum atomic E-state index is -3.67. The summed E-state index contributed by atoms with van der Waals surface area (Å²) >= 11 is 0. The van der Waals surface area contributed by atoms with Gasteiger partial charge in [0.2, 0.25) is 6.86 Å². The summed E-state index contributed by atoms with van der Waals surface area (Å²) in [6.45, 7) is -21.2. The first-order valence-corrected chi connectivity index (χ1v) is 29.3. The largest absolute Gasteiger partial charge is 0.513 e. The number of nitrogens with one attached hydrogen (secondary N) is 1. The Labute approximate surface area is 659 Å². The molecule has 0 radical (unpaired) electrons. The van der Waals surface area contributed by atoms with E-state index in [0.29, 0.717) is 27.8 Å². The van der Waals surface area contributed by atoms with Crippen molar-refractivity contribution in [2.45, 2.75) is 268 Å². The number of hydrogen-bond acceptors (Lipinski definition) is 13. The molecule has 0 fully saturated rings. The molecule has 0 atom stereocenters. The molecule has 0 saturated heterocycles. The molecule has 0 spiro atoms. The number of carbonyl (C=O) groups excluding carboxylic acids is 1. The number of aliphatic hydroxyl groups is 1. The van der Waals surface area contributed by atoms with Crippen LogP contribution in [0.4, 0.5) is 16.2 Å². The maximum atomic E-state index is 11.7. The average molecular weight is 1420 g/mol. The molecular weight excluding hydrogens is 1250 g/mol. The summed E-state index contributed by atoms with van der Waals surface area (Å²) in [5, 5.41) is 64.4. The van der Waals surface area contributed by atoms with E-state index < -0.39 is 242 Å². The van der Waals surface area contributed by atoms with Crippen molar-refractivity contribution in [3.8, 4) is 28.7 Å². The second-order valence-electron chi connectivity index (χ2n) is 27.5. The minimum Gasteiger partial charge on any atom is -0.508 e. The zero-order valence-electron chi connectivity index (χ0n) is 105. The van der Waals surface area contributed by atoms with Crippen LogP contribution in [0, 0.1) is 10.1 Å². The number of carboxylic acid groups (broad SMARTS) is 1. The van der Waals surface area contributed by atoms with E-state index in [1.807, 2.05) is 12.1 Å². The summed E-state index contributed by atoms with van der Waals surface area (Å²) < 4.78 is 369. The number of rotatable bonds is 3. The number of nitrogens with two attached hydrogens (primary N) is 1. The van der Waals surface area contributed by atoms with E-state index in [1.54, 1.807) is 98.7 Å². The number of ether oxygens (including phenoxy) is 2. The summed E-state index contributed by atoms with van der Waals surface area (Å²) in [5.74, 6) is -5.03. The van der Waals surface area contributed by atoms with Crippen molar-refractivity contribution >= 4 is 34.4 Å². The fourth-order valence-corrected chi connectivity index (χ4v) is 7.89. The van der Waals surface area contributed by atoms with Crippen LogP contribution in [0.1, 0.15) is 338 Å². The number of anilines is 1. The molecule has 0 unspecified atom stereocenters. The molecule has 0 saturated carbocycles. The van der Waals surface area contributed by atoms with Gasteiger partial charge in [0.25, 0.3) is 5.69 Å². The number of carbonyl (C=O) groups is 2. The quantitative estimate of drug-likeness (QED) is 0.0269. The first-order valence-electron chi connectivity index (χ1n) is 52.7. The van der Waals surface area contributed by atoms with Crippen LogP contribution in [-0.2, 0) is 53.5 Å². The monoisotopic (exact) mass is 1420 g/mol. The van der Waals surface area contributed by atoms with E-state index in [2.05, 4.69) is 35.6 Å². The van der Waals surface area contributed by atoms with Gasteiger partial charge < -0.3 is 50.8 Å². The molecule has 9 N–H and O–H groups in total. The van der Waals surface area contributed by atoms with Crippen LogP contribution in [0.3, 0.4) is 0 Å². The number of aromatic hydroxyl groups is 4. The molecule has 6 aromatic carbocycles. The standard InChI is InChI=1S/C16H24O3.C14H21NO3.C14H23NO.C14H22O.C10H7NO3.C10H14O.C4H10O.CH4/c1-15(2,3)11-8-9-13(19-14(17)18-7)12(10-11)16(4,5)6;1-13(2,3)9-7-10(14(4,5)6)12(16)8-11(9)15(17)18;1-13(2,3)9-7-10(14(4,5)6)12(16)8-11(9)15;1-13(2,3)10-7-8-12(15)11(9-10)14(4,5)6;12-9-6-3-1-2-4-8(6)11-5-7(9)10(13)14;1-10(2,3)8-4-6-9(11)7-5-8;1-4(2,3)5;/h8-10H,1-7H3;7-8,16H,1-6H3;7-8,16H,15H2,1-6H3;7-9,15H,1-6H3;1-5H,(H,11,12)(H,13,14);4-7,11H,1-3H3;5H,1-3H3;1H4/i4D3,5D3,6D3,9D;3*4D3,5D3,6D3,8D;;;1D3,2D3,5D;. The fourth-order valence-electron chi connectivity index (χ4n) is 7.89. The van der Waals surface area contributed by atoms with Crippen molar-refractivity contribution < 1.29 is 118 Å². The molecule has 7 rings (SSSR count). The summed E-state index contributed by atoms with van der Waals surface area (Å²) in [4.78, 5) is 47.1. The van der Waals surface area contributed by atoms with Crippen LogP contribution in [-0.4, -0.2) is 66.8 Å². The number of aromatic amines is 1. The lowest BCUT2D eigenvalue weighted by molar-refractivity contribution is -0.386. The number of phenols is 4. The number of benzene rings is 6. The molecule has 0 aliphatic carbocycles. The molecule has 0 aliphatic heterocycles. The van der Waals surface area contributed by atoms with Crippen molar-refractivity contribution in [2.75, 3.05) is 12.8 Å². The fraction of sp³-hybridized carbons (Fsp3) is 0.506. The zero-order chi connectivity index (χ0) is 116. The second kappa shape index (κ2) is 34.6. The highest BCUT2D eigenvalue weighted by molar-refractivity contribution is 5.92. The Morgan fingerprint density at radius 3 is 1.36 bits per heavy atom. The number of fused-ring (bicyclic) bond motifs is 1. The van der Waals surface area contributed by atoms with E-state index in [9.17, 15) is 39.8 Å². The predicted octanol–water partition coefficient (Wildman–Crippen LogP) is 21.2. The van der Waals surface area contributed by atoms with E-state index in [1.165, 1.54) is 44.7 Å². The number of methoxy groups -OCH3 is 1. The topological polar surface area (TPSA) is 276 Å². The molecule has 1 heterocycles. The number of nitro groups is 1. The molecule has 550 valence electrons. The summed E-state index contributed by atoms with van der Waals surface area (Å²) in [6, 6.07) is 17.6. The summed E-state index contributed by atoms with van der Waals surface area (Å²) in [7, 11) is 0.958. The Hall–Kier alpha value is -8.37. The lowest BCUT2D eigenvalue weighted by Crippen LogP contribution is -2.19. The lowest BCUT2D eigenvalue weighted by atomic mass is 9.79. The van der Waals surface area contributed by atoms with Crippen LogP contribution >= 0.6 is 0 Å². The molecule has 0 aliphatic rings. The van der Waals surface area contributed by atoms with Crippen LogP contribution in [0.25, 0.3) is 10.9 Å². The van der Waals surface area contributed by atoms with Gasteiger partial charge in [0.15, 0.2) is 0 Å². The number of nitrogens with zero attached hydrogens (tertiary/aromatic N) is 1. The number of hydrogen-bond donors (Lipinski definition) is 8. The lowest BCUT2D eigenvalue weighted by Gasteiger charge is -2.27. The van der Waals surface area contributed by atoms with Gasteiger partial charge in [-0.1, -0.05) is 242 Å². The third kappa shape index (κ3) is 29.9. The molecular formula is C83H125N3O13. The minimum absolute atomic E-state index is 0. The number of aromatic carboxylic acids is 1. The van der Waals surface area contributed by atoms with Gasteiger partial charge in [-0.05, 0) is 151 Å². The normalized spacial score (nSPS) is 20.8. The number of phenolic OH excluding ortho intramolecular Hbond substituents is 4. The maximum Gasteiger partial charge on any atom is 0.513 e.